The molecule has 2 heterocycles. The summed E-state index contributed by atoms with van der Waals surface area (Å²) >= 11 is 0. The second kappa shape index (κ2) is 6.58. The smallest absolute Gasteiger partial charge is 0.123 e. The maximum Gasteiger partial charge on any atom is 0.123 e. The summed E-state index contributed by atoms with van der Waals surface area (Å²) in [5, 5.41) is 10.1. The van der Waals surface area contributed by atoms with E-state index in [1.807, 2.05) is 31.3 Å². The van der Waals surface area contributed by atoms with Gasteiger partial charge in [-0.3, -0.25) is 4.90 Å². The van der Waals surface area contributed by atoms with Gasteiger partial charge in [0.15, 0.2) is 0 Å². The number of aromatic nitrogens is 2. The first kappa shape index (κ1) is 16.2. The molecule has 25 heavy (non-hydrogen) atoms. The van der Waals surface area contributed by atoms with E-state index >= 15 is 0 Å². The second-order valence-electron chi connectivity index (χ2n) is 6.78. The molecule has 4 nitrogen and oxygen atoms in total. The number of para-hydroxylation sites is 2. The lowest BCUT2D eigenvalue weighted by molar-refractivity contribution is 0.175. The van der Waals surface area contributed by atoms with Crippen LogP contribution in [0.25, 0.3) is 11.0 Å². The predicted octanol–water partition coefficient (Wildman–Crippen LogP) is 3.06. The van der Waals surface area contributed by atoms with E-state index in [2.05, 4.69) is 15.5 Å². The van der Waals surface area contributed by atoms with Crippen LogP contribution in [-0.2, 0) is 13.5 Å². The molecule has 0 radical (unpaired) electrons. The zero-order chi connectivity index (χ0) is 17.4. The van der Waals surface area contributed by atoms with Gasteiger partial charge in [0.05, 0.1) is 17.1 Å². The summed E-state index contributed by atoms with van der Waals surface area (Å²) in [6.45, 7) is 1.40. The molecule has 130 valence electrons. The Morgan fingerprint density at radius 2 is 2.04 bits per heavy atom. The molecule has 0 bridgehead atoms. The van der Waals surface area contributed by atoms with Crippen molar-refractivity contribution in [2.45, 2.75) is 25.0 Å². The maximum absolute atomic E-state index is 13.6. The first-order valence-electron chi connectivity index (χ1n) is 8.70. The van der Waals surface area contributed by atoms with Gasteiger partial charge in [0, 0.05) is 32.6 Å². The van der Waals surface area contributed by atoms with Gasteiger partial charge in [-0.1, -0.05) is 24.3 Å². The first-order valence-corrected chi connectivity index (χ1v) is 8.70. The minimum Gasteiger partial charge on any atom is -0.392 e. The van der Waals surface area contributed by atoms with Crippen LogP contribution in [0, 0.1) is 5.82 Å². The molecule has 3 aromatic rings. The molecule has 1 fully saturated rings. The largest absolute Gasteiger partial charge is 0.392 e. The molecule has 1 N–H and O–H groups in total. The molecule has 1 aromatic heterocycles. The zero-order valence-electron chi connectivity index (χ0n) is 14.3. The van der Waals surface area contributed by atoms with Crippen LogP contribution in [0.1, 0.15) is 23.9 Å². The predicted molar refractivity (Wildman–Crippen MR) is 95.8 cm³/mol. The standard InChI is InChI=1S/C20H22FN3O/c1-23-18-8-3-2-7-17(18)22-20(23)9-10-24-13-16(25)12-19(24)14-5-4-6-15(21)11-14/h2-8,11,16,19,25H,9-10,12-13H2,1H3/t16-,19+/m0/s1. The number of rotatable bonds is 4. The number of halogens is 1. The van der Waals surface area contributed by atoms with E-state index in [1.54, 1.807) is 12.1 Å². The van der Waals surface area contributed by atoms with Crippen molar-refractivity contribution in [3.05, 3.63) is 65.7 Å². The van der Waals surface area contributed by atoms with Gasteiger partial charge in [0.25, 0.3) is 0 Å². The summed E-state index contributed by atoms with van der Waals surface area (Å²) in [6.07, 6.45) is 1.07. The molecule has 4 rings (SSSR count). The Kier molecular flexibility index (Phi) is 4.27. The van der Waals surface area contributed by atoms with E-state index in [9.17, 15) is 9.50 Å². The number of benzene rings is 2. The lowest BCUT2D eigenvalue weighted by Gasteiger charge is -2.24. The minimum absolute atomic E-state index is 0.0559. The summed E-state index contributed by atoms with van der Waals surface area (Å²) in [7, 11) is 2.04. The highest BCUT2D eigenvalue weighted by Gasteiger charge is 2.32. The molecular formula is C20H22FN3O. The number of likely N-dealkylation sites (tertiary alicyclic amines) is 1. The number of hydrogen-bond donors (Lipinski definition) is 1. The topological polar surface area (TPSA) is 41.3 Å². The number of aryl methyl sites for hydroxylation is 1. The van der Waals surface area contributed by atoms with Crippen LogP contribution in [0.3, 0.4) is 0 Å². The quantitative estimate of drug-likeness (QED) is 0.794. The molecule has 0 amide bonds. The third-order valence-corrected chi connectivity index (χ3v) is 5.12. The van der Waals surface area contributed by atoms with Crippen LogP contribution in [0.5, 0.6) is 0 Å². The first-order chi connectivity index (χ1) is 12.1. The second-order valence-corrected chi connectivity index (χ2v) is 6.78. The molecule has 1 aliphatic rings. The number of imidazole rings is 1. The fraction of sp³-hybridized carbons (Fsp3) is 0.350. The average molecular weight is 339 g/mol. The Balaban J connectivity index is 1.53. The minimum atomic E-state index is -0.367. The van der Waals surface area contributed by atoms with E-state index in [4.69, 9.17) is 4.98 Å². The van der Waals surface area contributed by atoms with Crippen molar-refractivity contribution >= 4 is 11.0 Å². The van der Waals surface area contributed by atoms with Gasteiger partial charge in [0.2, 0.25) is 0 Å². The molecule has 1 aliphatic heterocycles. The average Bonchev–Trinajstić information content (AvgIpc) is 3.13. The van der Waals surface area contributed by atoms with Crippen molar-refractivity contribution in [2.24, 2.45) is 7.05 Å². The van der Waals surface area contributed by atoms with Gasteiger partial charge < -0.3 is 9.67 Å². The van der Waals surface area contributed by atoms with Crippen LogP contribution < -0.4 is 0 Å². The van der Waals surface area contributed by atoms with Gasteiger partial charge in [-0.25, -0.2) is 9.37 Å². The van der Waals surface area contributed by atoms with E-state index < -0.39 is 0 Å². The van der Waals surface area contributed by atoms with E-state index in [0.717, 1.165) is 35.4 Å². The molecule has 0 spiro atoms. The highest BCUT2D eigenvalue weighted by molar-refractivity contribution is 5.75. The summed E-state index contributed by atoms with van der Waals surface area (Å²) in [4.78, 5) is 6.95. The van der Waals surface area contributed by atoms with Crippen LogP contribution >= 0.6 is 0 Å². The molecule has 2 aromatic carbocycles. The highest BCUT2D eigenvalue weighted by Crippen LogP contribution is 2.32. The van der Waals surface area contributed by atoms with Crippen molar-refractivity contribution in [1.29, 1.82) is 0 Å². The molecular weight excluding hydrogens is 317 g/mol. The molecule has 0 aliphatic carbocycles. The number of β-amino-alcohol motifs (C(OH)–C–C–N with tert-alkyl or cyclic N) is 1. The third kappa shape index (κ3) is 3.17. The maximum atomic E-state index is 13.6. The summed E-state index contributed by atoms with van der Waals surface area (Å²) in [5.74, 6) is 0.801. The van der Waals surface area contributed by atoms with Gasteiger partial charge in [0.1, 0.15) is 11.6 Å². The van der Waals surface area contributed by atoms with Gasteiger partial charge >= 0.3 is 0 Å². The van der Waals surface area contributed by atoms with Crippen molar-refractivity contribution in [3.63, 3.8) is 0 Å². The monoisotopic (exact) mass is 339 g/mol. The third-order valence-electron chi connectivity index (χ3n) is 5.12. The number of fused-ring (bicyclic) bond motifs is 1. The number of aliphatic hydroxyl groups excluding tert-OH is 1. The molecule has 0 unspecified atom stereocenters. The Morgan fingerprint density at radius 3 is 2.84 bits per heavy atom. The van der Waals surface area contributed by atoms with Gasteiger partial charge in [-0.05, 0) is 36.2 Å². The Bertz CT molecular complexity index is 892. The van der Waals surface area contributed by atoms with Crippen LogP contribution in [-0.4, -0.2) is 38.8 Å². The zero-order valence-corrected chi connectivity index (χ0v) is 14.3. The fourth-order valence-electron chi connectivity index (χ4n) is 3.85. The van der Waals surface area contributed by atoms with Crippen molar-refractivity contribution < 1.29 is 9.50 Å². The SMILES string of the molecule is Cn1c(CCN2C[C@@H](O)C[C@@H]2c2cccc(F)c2)nc2ccccc21. The molecule has 1 saturated heterocycles. The van der Waals surface area contributed by atoms with Crippen molar-refractivity contribution in [2.75, 3.05) is 13.1 Å². The lowest BCUT2D eigenvalue weighted by atomic mass is 10.0. The van der Waals surface area contributed by atoms with Crippen molar-refractivity contribution in [1.82, 2.24) is 14.5 Å². The van der Waals surface area contributed by atoms with Crippen LogP contribution in [0.2, 0.25) is 0 Å². The summed E-state index contributed by atoms with van der Waals surface area (Å²) in [5.41, 5.74) is 3.06. The number of nitrogens with zero attached hydrogens (tertiary/aromatic N) is 3. The van der Waals surface area contributed by atoms with Gasteiger partial charge in [-0.15, -0.1) is 0 Å². The molecule has 0 saturated carbocycles. The highest BCUT2D eigenvalue weighted by atomic mass is 19.1. The summed E-state index contributed by atoms with van der Waals surface area (Å²) < 4.78 is 15.7. The van der Waals surface area contributed by atoms with Crippen molar-refractivity contribution in [3.8, 4) is 0 Å². The normalized spacial score (nSPS) is 21.2. The Labute approximate surface area is 146 Å². The van der Waals surface area contributed by atoms with E-state index in [-0.39, 0.29) is 18.0 Å². The molecule has 5 heteroatoms. The van der Waals surface area contributed by atoms with Gasteiger partial charge in [-0.2, -0.15) is 0 Å². The van der Waals surface area contributed by atoms with Crippen LogP contribution in [0.15, 0.2) is 48.5 Å². The lowest BCUT2D eigenvalue weighted by Crippen LogP contribution is -2.27. The Hall–Kier alpha value is -2.24. The summed E-state index contributed by atoms with van der Waals surface area (Å²) in [6, 6.07) is 14.9. The Morgan fingerprint density at radius 1 is 1.20 bits per heavy atom. The van der Waals surface area contributed by atoms with E-state index in [1.165, 1.54) is 6.07 Å². The van der Waals surface area contributed by atoms with E-state index in [0.29, 0.717) is 13.0 Å². The number of hydrogen-bond acceptors (Lipinski definition) is 3. The fourth-order valence-corrected chi connectivity index (χ4v) is 3.85. The number of aliphatic hydroxyl groups is 1. The molecule has 2 atom stereocenters. The van der Waals surface area contributed by atoms with Crippen LogP contribution in [0.4, 0.5) is 4.39 Å².